The van der Waals surface area contributed by atoms with Crippen molar-refractivity contribution in [2.24, 2.45) is 0 Å². The summed E-state index contributed by atoms with van der Waals surface area (Å²) in [6.07, 6.45) is 4.67. The van der Waals surface area contributed by atoms with Gasteiger partial charge in [-0.05, 0) is 48.5 Å². The van der Waals surface area contributed by atoms with Gasteiger partial charge in [0, 0.05) is 11.4 Å². The van der Waals surface area contributed by atoms with Gasteiger partial charge in [0.1, 0.15) is 12.4 Å². The Labute approximate surface area is 166 Å². The van der Waals surface area contributed by atoms with Gasteiger partial charge in [0.05, 0.1) is 11.4 Å². The molecule has 6 N–H and O–H groups in total. The predicted octanol–water partition coefficient (Wildman–Crippen LogP) is 0.785. The van der Waals surface area contributed by atoms with Gasteiger partial charge in [-0.3, -0.25) is 20.0 Å². The van der Waals surface area contributed by atoms with E-state index in [1.165, 1.54) is 39.7 Å². The molecule has 0 spiro atoms. The lowest BCUT2D eigenvalue weighted by molar-refractivity contribution is -0.683. The lowest BCUT2D eigenvalue weighted by Gasteiger charge is -2.14. The Kier molecular flexibility index (Phi) is 5.77. The molecule has 0 aliphatic rings. The van der Waals surface area contributed by atoms with E-state index in [-0.39, 0.29) is 13.1 Å². The lowest BCUT2D eigenvalue weighted by Crippen LogP contribution is -2.42. The van der Waals surface area contributed by atoms with Crippen LogP contribution >= 0.6 is 0 Å². The summed E-state index contributed by atoms with van der Waals surface area (Å²) in [4.78, 5) is 24.5. The summed E-state index contributed by atoms with van der Waals surface area (Å²) in [5.74, 6) is -1.15. The number of hydroxylamine groups is 2. The van der Waals surface area contributed by atoms with Gasteiger partial charge in [-0.1, -0.05) is 0 Å². The van der Waals surface area contributed by atoms with E-state index in [2.05, 4.69) is 0 Å². The Morgan fingerprint density at radius 3 is 1.86 bits per heavy atom. The third kappa shape index (κ3) is 4.89. The molecule has 0 bridgehead atoms. The Balaban J connectivity index is 1.59. The minimum absolute atomic E-state index is 0.150. The van der Waals surface area contributed by atoms with Gasteiger partial charge in [0.15, 0.2) is 13.1 Å². The van der Waals surface area contributed by atoms with Gasteiger partial charge in [-0.2, -0.15) is 10.1 Å². The first-order valence-electron chi connectivity index (χ1n) is 8.63. The number of rotatable bonds is 6. The van der Waals surface area contributed by atoms with E-state index >= 15 is 0 Å². The molecule has 10 heteroatoms. The summed E-state index contributed by atoms with van der Waals surface area (Å²) in [6, 6.07) is 12.4. The predicted molar refractivity (Wildman–Crippen MR) is 105 cm³/mol. The molecule has 0 aliphatic carbocycles. The van der Waals surface area contributed by atoms with Crippen LogP contribution in [0.25, 0.3) is 0 Å². The zero-order valence-corrected chi connectivity index (χ0v) is 15.4. The highest BCUT2D eigenvalue weighted by Crippen LogP contribution is 2.16. The first kappa shape index (κ1) is 19.9. The molecule has 0 unspecified atom stereocenters. The van der Waals surface area contributed by atoms with Crippen molar-refractivity contribution in [3.63, 3.8) is 0 Å². The Hall–Kier alpha value is -3.89. The van der Waals surface area contributed by atoms with E-state index < -0.39 is 11.8 Å². The second-order valence-corrected chi connectivity index (χ2v) is 6.35. The number of benzene rings is 2. The van der Waals surface area contributed by atoms with Crippen LogP contribution in [0, 0.1) is 0 Å². The molecular weight excluding hydrogens is 376 g/mol. The number of carbonyl (C=O) groups is 2. The molecule has 0 fully saturated rings. The summed E-state index contributed by atoms with van der Waals surface area (Å²) in [5.41, 5.74) is 12.8. The summed E-state index contributed by atoms with van der Waals surface area (Å²) >= 11 is 0. The van der Waals surface area contributed by atoms with E-state index in [1.54, 1.807) is 36.7 Å². The van der Waals surface area contributed by atoms with Gasteiger partial charge in [-0.25, -0.2) is 9.13 Å². The van der Waals surface area contributed by atoms with E-state index in [0.29, 0.717) is 32.9 Å². The summed E-state index contributed by atoms with van der Waals surface area (Å²) in [6.45, 7) is -0.300. The molecule has 0 atom stereocenters. The van der Waals surface area contributed by atoms with Crippen molar-refractivity contribution in [1.82, 2.24) is 4.57 Å². The summed E-state index contributed by atoms with van der Waals surface area (Å²) in [5, 5.41) is 21.1. The van der Waals surface area contributed by atoms with Gasteiger partial charge in [0.2, 0.25) is 6.33 Å². The molecule has 3 aromatic rings. The van der Waals surface area contributed by atoms with Crippen LogP contribution in [0.4, 0.5) is 22.7 Å². The second-order valence-electron chi connectivity index (χ2n) is 6.35. The number of imidazole rings is 1. The number of nitrogen functional groups attached to an aromatic ring is 2. The number of nitrogens with zero attached hydrogens (tertiary/aromatic N) is 4. The van der Waals surface area contributed by atoms with Crippen molar-refractivity contribution in [1.29, 1.82) is 0 Å². The minimum Gasteiger partial charge on any atom is -0.399 e. The van der Waals surface area contributed by atoms with Crippen LogP contribution in [0.5, 0.6) is 0 Å². The maximum absolute atomic E-state index is 12.2. The molecule has 150 valence electrons. The highest BCUT2D eigenvalue weighted by atomic mass is 16.5. The molecule has 0 aliphatic heterocycles. The smallest absolute Gasteiger partial charge is 0.292 e. The first-order valence-corrected chi connectivity index (χ1v) is 8.63. The number of nitrogens with two attached hydrogens (primary N) is 2. The molecule has 0 radical (unpaired) electrons. The number of anilines is 4. The normalized spacial score (nSPS) is 10.6. The molecule has 0 saturated carbocycles. The molecule has 0 saturated heterocycles. The fraction of sp³-hybridized carbons (Fsp3) is 0.105. The Bertz CT molecular complexity index is 920. The van der Waals surface area contributed by atoms with E-state index in [9.17, 15) is 20.0 Å². The topological polar surface area (TPSA) is 142 Å². The maximum atomic E-state index is 12.2. The van der Waals surface area contributed by atoms with E-state index in [0.717, 1.165) is 0 Å². The molecule has 2 aromatic carbocycles. The molecular formula is C19H21N6O4+. The lowest BCUT2D eigenvalue weighted by atomic mass is 10.3. The third-order valence-electron chi connectivity index (χ3n) is 4.13. The second kappa shape index (κ2) is 8.42. The minimum atomic E-state index is -0.575. The monoisotopic (exact) mass is 397 g/mol. The Morgan fingerprint density at radius 1 is 0.862 bits per heavy atom. The van der Waals surface area contributed by atoms with Crippen LogP contribution in [0.3, 0.4) is 0 Å². The highest BCUT2D eigenvalue weighted by molar-refractivity contribution is 5.91. The SMILES string of the molecule is Nc1ccc(N(O)C(=O)Cn2cc[n+](CC(=O)N(O)c3ccc(N)cc3)c2)cc1. The fourth-order valence-corrected chi connectivity index (χ4v) is 2.59. The summed E-state index contributed by atoms with van der Waals surface area (Å²) in [7, 11) is 0. The van der Waals surface area contributed by atoms with Crippen LogP contribution in [0.15, 0.2) is 67.3 Å². The number of carbonyl (C=O) groups excluding carboxylic acids is 2. The van der Waals surface area contributed by atoms with Crippen molar-refractivity contribution in [3.8, 4) is 0 Å². The van der Waals surface area contributed by atoms with Gasteiger partial charge < -0.3 is 11.5 Å². The van der Waals surface area contributed by atoms with Crippen LogP contribution in [0.2, 0.25) is 0 Å². The number of hydrogen-bond acceptors (Lipinski definition) is 6. The average Bonchev–Trinajstić information content (AvgIpc) is 3.14. The largest absolute Gasteiger partial charge is 0.399 e. The molecule has 1 aromatic heterocycles. The number of aromatic nitrogens is 2. The Morgan fingerprint density at radius 2 is 1.34 bits per heavy atom. The van der Waals surface area contributed by atoms with Crippen LogP contribution in [0.1, 0.15) is 0 Å². The van der Waals surface area contributed by atoms with Gasteiger partial charge >= 0.3 is 0 Å². The van der Waals surface area contributed by atoms with Crippen molar-refractivity contribution < 1.29 is 24.6 Å². The zero-order chi connectivity index (χ0) is 21.0. The van der Waals surface area contributed by atoms with Crippen molar-refractivity contribution in [2.75, 3.05) is 21.6 Å². The molecule has 10 nitrogen and oxygen atoms in total. The van der Waals surface area contributed by atoms with Crippen molar-refractivity contribution >= 4 is 34.6 Å². The summed E-state index contributed by atoms with van der Waals surface area (Å²) < 4.78 is 3.00. The van der Waals surface area contributed by atoms with Crippen molar-refractivity contribution in [2.45, 2.75) is 13.1 Å². The van der Waals surface area contributed by atoms with Crippen LogP contribution in [-0.4, -0.2) is 26.8 Å². The van der Waals surface area contributed by atoms with Gasteiger partial charge in [-0.15, -0.1) is 0 Å². The zero-order valence-electron chi connectivity index (χ0n) is 15.4. The molecule has 1 heterocycles. The van der Waals surface area contributed by atoms with E-state index in [1.807, 2.05) is 0 Å². The first-order chi connectivity index (χ1) is 13.8. The van der Waals surface area contributed by atoms with Crippen molar-refractivity contribution in [3.05, 3.63) is 67.3 Å². The fourth-order valence-electron chi connectivity index (χ4n) is 2.59. The van der Waals surface area contributed by atoms with Crippen LogP contribution < -0.4 is 26.2 Å². The molecule has 29 heavy (non-hydrogen) atoms. The standard InChI is InChI=1S/C19H21N6O4/c20-14-1-5-16(6-2-14)24(28)18(26)11-22-9-10-23(13-22)12-19(27)25(29)17-7-3-15(21)4-8-17/h1-10,13,28-29H,11-12,20-21H2/q+1. The van der Waals surface area contributed by atoms with Crippen LogP contribution in [-0.2, 0) is 22.7 Å². The average molecular weight is 397 g/mol. The maximum Gasteiger partial charge on any atom is 0.292 e. The molecule has 2 amide bonds. The highest BCUT2D eigenvalue weighted by Gasteiger charge is 2.20. The quantitative estimate of drug-likeness (QED) is 0.210. The molecule has 3 rings (SSSR count). The number of hydrogen-bond donors (Lipinski definition) is 4. The van der Waals surface area contributed by atoms with E-state index in [4.69, 9.17) is 11.5 Å². The van der Waals surface area contributed by atoms with Gasteiger partial charge in [0.25, 0.3) is 11.8 Å². The number of amides is 2. The third-order valence-corrected chi connectivity index (χ3v) is 4.13.